The zero-order chi connectivity index (χ0) is 23.4. The van der Waals surface area contributed by atoms with E-state index in [1.165, 1.54) is 12.8 Å². The van der Waals surface area contributed by atoms with Crippen LogP contribution in [0.15, 0.2) is 42.7 Å². The van der Waals surface area contributed by atoms with E-state index in [1.54, 1.807) is 31.5 Å². The van der Waals surface area contributed by atoms with Crippen LogP contribution in [0, 0.1) is 0 Å². The third kappa shape index (κ3) is 4.31. The maximum atomic E-state index is 13.0. The highest BCUT2D eigenvalue weighted by Gasteiger charge is 2.30. The first-order valence-corrected chi connectivity index (χ1v) is 10.7. The molecule has 5 heterocycles. The Balaban J connectivity index is 0.00000126. The van der Waals surface area contributed by atoms with Crippen molar-refractivity contribution in [2.45, 2.75) is 19.4 Å². The first kappa shape index (κ1) is 22.5. The van der Waals surface area contributed by atoms with E-state index in [9.17, 15) is 4.79 Å². The predicted molar refractivity (Wildman–Crippen MR) is 125 cm³/mol. The van der Waals surface area contributed by atoms with Crippen molar-refractivity contribution in [2.75, 3.05) is 44.2 Å². The van der Waals surface area contributed by atoms with Gasteiger partial charge in [0.25, 0.3) is 11.8 Å². The first-order valence-electron chi connectivity index (χ1n) is 10.7. The van der Waals surface area contributed by atoms with Gasteiger partial charge in [-0.3, -0.25) is 9.78 Å². The molecule has 1 saturated heterocycles. The number of anilines is 2. The molecule has 172 valence electrons. The largest absolute Gasteiger partial charge is 0.491 e. The minimum absolute atomic E-state index is 0.0600. The van der Waals surface area contributed by atoms with Crippen LogP contribution in [0.2, 0.25) is 0 Å². The molecule has 0 aromatic carbocycles. The number of aromatic nitrogens is 3. The maximum Gasteiger partial charge on any atom is 0.260 e. The summed E-state index contributed by atoms with van der Waals surface area (Å²) in [5.41, 5.74) is 3.65. The Bertz CT molecular complexity index is 1130. The number of amides is 1. The summed E-state index contributed by atoms with van der Waals surface area (Å²) in [6.07, 6.45) is 5.86. The summed E-state index contributed by atoms with van der Waals surface area (Å²) < 4.78 is 10.5. The number of rotatable bonds is 5. The van der Waals surface area contributed by atoms with Crippen LogP contribution >= 0.6 is 0 Å². The van der Waals surface area contributed by atoms with E-state index < -0.39 is 0 Å². The number of carbonyl (C=O) groups excluding carboxylic acids is 1. The molecule has 9 heteroatoms. The van der Waals surface area contributed by atoms with Crippen LogP contribution in [0.1, 0.15) is 28.9 Å². The normalized spacial score (nSPS) is 14.6. The van der Waals surface area contributed by atoms with Crippen molar-refractivity contribution in [1.82, 2.24) is 15.0 Å². The fourth-order valence-corrected chi connectivity index (χ4v) is 4.10. The fourth-order valence-electron chi connectivity index (χ4n) is 4.10. The molecule has 2 aliphatic heterocycles. The van der Waals surface area contributed by atoms with Gasteiger partial charge < -0.3 is 24.4 Å². The van der Waals surface area contributed by atoms with Crippen LogP contribution in [0.4, 0.5) is 11.5 Å². The Morgan fingerprint density at radius 1 is 0.970 bits per heavy atom. The molecule has 1 fully saturated rings. The van der Waals surface area contributed by atoms with Gasteiger partial charge in [0.15, 0.2) is 5.75 Å². The van der Waals surface area contributed by atoms with Crippen LogP contribution < -0.4 is 19.3 Å². The molecule has 1 amide bonds. The van der Waals surface area contributed by atoms with E-state index in [0.29, 0.717) is 23.7 Å². The van der Waals surface area contributed by atoms with E-state index in [0.717, 1.165) is 48.7 Å². The molecule has 33 heavy (non-hydrogen) atoms. The Kier molecular flexibility index (Phi) is 6.69. The van der Waals surface area contributed by atoms with Gasteiger partial charge in [-0.25, -0.2) is 9.97 Å². The van der Waals surface area contributed by atoms with E-state index in [1.807, 2.05) is 30.3 Å². The van der Waals surface area contributed by atoms with Gasteiger partial charge in [-0.05, 0) is 43.2 Å². The lowest BCUT2D eigenvalue weighted by atomic mass is 10.1. The molecule has 0 aliphatic carbocycles. The van der Waals surface area contributed by atoms with Crippen molar-refractivity contribution in [3.8, 4) is 22.9 Å². The third-order valence-corrected chi connectivity index (χ3v) is 5.76. The zero-order valence-corrected chi connectivity index (χ0v) is 19.0. The molecule has 3 aromatic rings. The number of hydrogen-bond acceptors (Lipinski definition) is 8. The number of ether oxygens (including phenoxy) is 2. The summed E-state index contributed by atoms with van der Waals surface area (Å²) >= 11 is 0. The molecule has 0 radical (unpaired) electrons. The topological polar surface area (TPSA) is 101 Å². The molecule has 0 bridgehead atoms. The predicted octanol–water partition coefficient (Wildman–Crippen LogP) is 2.92. The molecule has 0 atom stereocenters. The Morgan fingerprint density at radius 3 is 2.42 bits per heavy atom. The monoisotopic (exact) mass is 449 g/mol. The lowest BCUT2D eigenvalue weighted by molar-refractivity contribution is 0.0996. The minimum Gasteiger partial charge on any atom is -0.491 e. The molecule has 5 rings (SSSR count). The molecular weight excluding hydrogens is 422 g/mol. The maximum absolute atomic E-state index is 13.0. The van der Waals surface area contributed by atoms with Gasteiger partial charge in [0.05, 0.1) is 49.6 Å². The summed E-state index contributed by atoms with van der Waals surface area (Å²) in [7, 11) is 4.11. The second-order valence-electron chi connectivity index (χ2n) is 7.59. The standard InChI is InChI=1S/C23H23N5O3.CH4O/c1-30-20-11-15(12-25-22(20)31-2)18-7-6-17-19(26-18)14-28(23(17)29)16-5-8-21(24-13-16)27-9-3-4-10-27;1-2/h5-8,11-13H,3-4,9-10,14H2,1-2H3;2H,1H3. The molecule has 0 saturated carbocycles. The van der Waals surface area contributed by atoms with E-state index in [-0.39, 0.29) is 5.91 Å². The number of fused-ring (bicyclic) bond motifs is 1. The van der Waals surface area contributed by atoms with E-state index in [4.69, 9.17) is 19.6 Å². The van der Waals surface area contributed by atoms with E-state index in [2.05, 4.69) is 14.9 Å². The van der Waals surface area contributed by atoms with Crippen molar-refractivity contribution in [2.24, 2.45) is 0 Å². The lowest BCUT2D eigenvalue weighted by Crippen LogP contribution is -2.24. The van der Waals surface area contributed by atoms with Gasteiger partial charge in [0, 0.05) is 32.0 Å². The highest BCUT2D eigenvalue weighted by atomic mass is 16.5. The minimum atomic E-state index is -0.0600. The van der Waals surface area contributed by atoms with Crippen molar-refractivity contribution in [1.29, 1.82) is 0 Å². The number of aliphatic hydroxyl groups excluding tert-OH is 1. The molecule has 1 N–H and O–H groups in total. The van der Waals surface area contributed by atoms with Gasteiger partial charge in [-0.15, -0.1) is 0 Å². The number of carbonyl (C=O) groups is 1. The lowest BCUT2D eigenvalue weighted by Gasteiger charge is -2.19. The number of aliphatic hydroxyl groups is 1. The Hall–Kier alpha value is -3.72. The molecule has 0 unspecified atom stereocenters. The average Bonchev–Trinajstić information content (AvgIpc) is 3.53. The van der Waals surface area contributed by atoms with Crippen LogP contribution in [-0.4, -0.2) is 60.4 Å². The SMILES string of the molecule is CO.COc1cc(-c2ccc3c(n2)CN(c2ccc(N4CCCC4)nc2)C3=O)cnc1OC. The Labute approximate surface area is 192 Å². The Morgan fingerprint density at radius 2 is 1.76 bits per heavy atom. The second kappa shape index (κ2) is 9.83. The summed E-state index contributed by atoms with van der Waals surface area (Å²) in [4.78, 5) is 30.6. The molecule has 9 nitrogen and oxygen atoms in total. The molecule has 0 spiro atoms. The van der Waals surface area contributed by atoms with Gasteiger partial charge in [0.2, 0.25) is 0 Å². The number of hydrogen-bond donors (Lipinski definition) is 1. The van der Waals surface area contributed by atoms with Crippen molar-refractivity contribution < 1.29 is 19.4 Å². The molecule has 3 aromatic heterocycles. The second-order valence-corrected chi connectivity index (χ2v) is 7.59. The van der Waals surface area contributed by atoms with Gasteiger partial charge >= 0.3 is 0 Å². The summed E-state index contributed by atoms with van der Waals surface area (Å²) in [5, 5.41) is 7.00. The fraction of sp³-hybridized carbons (Fsp3) is 0.333. The van der Waals surface area contributed by atoms with Crippen LogP contribution in [0.3, 0.4) is 0 Å². The van der Waals surface area contributed by atoms with Crippen LogP contribution in [0.25, 0.3) is 11.3 Å². The highest BCUT2D eigenvalue weighted by Crippen LogP contribution is 2.32. The molecular formula is C24H27N5O4. The molecule has 2 aliphatic rings. The van der Waals surface area contributed by atoms with Gasteiger partial charge in [-0.2, -0.15) is 0 Å². The number of methoxy groups -OCH3 is 2. The number of pyridine rings is 3. The van der Waals surface area contributed by atoms with Crippen molar-refractivity contribution in [3.05, 3.63) is 54.0 Å². The smallest absolute Gasteiger partial charge is 0.260 e. The summed E-state index contributed by atoms with van der Waals surface area (Å²) in [6, 6.07) is 9.44. The quantitative estimate of drug-likeness (QED) is 0.635. The highest BCUT2D eigenvalue weighted by molar-refractivity contribution is 6.09. The van der Waals surface area contributed by atoms with Gasteiger partial charge in [0.1, 0.15) is 5.82 Å². The van der Waals surface area contributed by atoms with Crippen LogP contribution in [-0.2, 0) is 6.54 Å². The van der Waals surface area contributed by atoms with E-state index >= 15 is 0 Å². The van der Waals surface area contributed by atoms with Crippen molar-refractivity contribution >= 4 is 17.4 Å². The van der Waals surface area contributed by atoms with Gasteiger partial charge in [-0.1, -0.05) is 0 Å². The summed E-state index contributed by atoms with van der Waals surface area (Å²) in [5.74, 6) is 1.85. The number of nitrogens with zero attached hydrogens (tertiary/aromatic N) is 5. The first-order chi connectivity index (χ1) is 16.2. The zero-order valence-electron chi connectivity index (χ0n) is 19.0. The average molecular weight is 450 g/mol. The summed E-state index contributed by atoms with van der Waals surface area (Å²) in [6.45, 7) is 2.49. The van der Waals surface area contributed by atoms with Crippen LogP contribution in [0.5, 0.6) is 11.6 Å². The third-order valence-electron chi connectivity index (χ3n) is 5.76. The van der Waals surface area contributed by atoms with Crippen molar-refractivity contribution in [3.63, 3.8) is 0 Å².